The maximum Gasteiger partial charge on any atom is 0.295 e. The lowest BCUT2D eigenvalue weighted by atomic mass is 10.1. The average molecular weight is 279 g/mol. The quantitative estimate of drug-likeness (QED) is 0.658. The molecule has 0 saturated carbocycles. The first-order chi connectivity index (χ1) is 9.40. The van der Waals surface area contributed by atoms with Crippen LogP contribution < -0.4 is 11.1 Å². The van der Waals surface area contributed by atoms with Crippen LogP contribution in [0.25, 0.3) is 0 Å². The molecule has 0 aliphatic carbocycles. The Morgan fingerprint density at radius 3 is 2.80 bits per heavy atom. The third-order valence-corrected chi connectivity index (χ3v) is 3.01. The summed E-state index contributed by atoms with van der Waals surface area (Å²) in [4.78, 5) is 10.3. The van der Waals surface area contributed by atoms with Crippen molar-refractivity contribution in [3.05, 3.63) is 45.4 Å². The number of aryl methyl sites for hydroxylation is 2. The zero-order valence-corrected chi connectivity index (χ0v) is 11.1. The topological polar surface area (TPSA) is 99.0 Å². The van der Waals surface area contributed by atoms with Crippen LogP contribution >= 0.6 is 0 Å². The highest BCUT2D eigenvalue weighted by Gasteiger charge is 2.17. The Hall–Kier alpha value is -2.64. The first-order valence-electron chi connectivity index (χ1n) is 5.85. The number of hydrogen-bond acceptors (Lipinski definition) is 5. The number of nitrogens with one attached hydrogen (secondary N) is 1. The Bertz CT molecular complexity index is 668. The van der Waals surface area contributed by atoms with E-state index in [2.05, 4.69) is 10.4 Å². The van der Waals surface area contributed by atoms with E-state index in [0.29, 0.717) is 16.9 Å². The SMILES string of the molecule is Cc1cc(NCc2cnn(C)c2N)c([N+](=O)[O-])cc1F. The van der Waals surface area contributed by atoms with Gasteiger partial charge in [-0.3, -0.25) is 14.8 Å². The highest BCUT2D eigenvalue weighted by Crippen LogP contribution is 2.28. The molecule has 1 heterocycles. The zero-order valence-electron chi connectivity index (χ0n) is 11.1. The van der Waals surface area contributed by atoms with E-state index in [-0.39, 0.29) is 17.9 Å². The maximum absolute atomic E-state index is 13.4. The normalized spacial score (nSPS) is 10.6. The number of nitrogen functional groups attached to an aromatic ring is 1. The molecule has 0 spiro atoms. The summed E-state index contributed by atoms with van der Waals surface area (Å²) in [5.41, 5.74) is 6.77. The van der Waals surface area contributed by atoms with Crippen LogP contribution in [0.1, 0.15) is 11.1 Å². The molecule has 7 nitrogen and oxygen atoms in total. The third-order valence-electron chi connectivity index (χ3n) is 3.01. The van der Waals surface area contributed by atoms with Gasteiger partial charge in [0.05, 0.1) is 17.2 Å². The van der Waals surface area contributed by atoms with Gasteiger partial charge < -0.3 is 11.1 Å². The highest BCUT2D eigenvalue weighted by molar-refractivity contribution is 5.63. The smallest absolute Gasteiger partial charge is 0.295 e. The molecule has 1 aromatic heterocycles. The van der Waals surface area contributed by atoms with Crippen LogP contribution in [0.15, 0.2) is 18.3 Å². The predicted molar refractivity (Wildman–Crippen MR) is 72.7 cm³/mol. The minimum Gasteiger partial charge on any atom is -0.384 e. The van der Waals surface area contributed by atoms with Crippen molar-refractivity contribution in [1.29, 1.82) is 0 Å². The van der Waals surface area contributed by atoms with Crippen molar-refractivity contribution in [2.75, 3.05) is 11.1 Å². The number of nitrogens with two attached hydrogens (primary N) is 1. The van der Waals surface area contributed by atoms with Crippen LogP contribution in [0.3, 0.4) is 0 Å². The molecule has 2 rings (SSSR count). The van der Waals surface area contributed by atoms with Gasteiger partial charge in [-0.2, -0.15) is 5.10 Å². The van der Waals surface area contributed by atoms with Crippen molar-refractivity contribution >= 4 is 17.2 Å². The van der Waals surface area contributed by atoms with E-state index in [4.69, 9.17) is 5.73 Å². The Morgan fingerprint density at radius 1 is 1.55 bits per heavy atom. The van der Waals surface area contributed by atoms with Crippen LogP contribution in [-0.2, 0) is 13.6 Å². The largest absolute Gasteiger partial charge is 0.384 e. The van der Waals surface area contributed by atoms with Gasteiger partial charge in [-0.05, 0) is 18.6 Å². The summed E-state index contributed by atoms with van der Waals surface area (Å²) in [6.07, 6.45) is 1.57. The molecule has 0 fully saturated rings. The van der Waals surface area contributed by atoms with Crippen LogP contribution in [-0.4, -0.2) is 14.7 Å². The van der Waals surface area contributed by atoms with Gasteiger partial charge in [-0.15, -0.1) is 0 Å². The van der Waals surface area contributed by atoms with E-state index in [1.165, 1.54) is 10.7 Å². The third kappa shape index (κ3) is 2.53. The molecule has 0 bridgehead atoms. The van der Waals surface area contributed by atoms with Gasteiger partial charge in [-0.25, -0.2) is 4.39 Å². The summed E-state index contributed by atoms with van der Waals surface area (Å²) in [6, 6.07) is 2.31. The van der Waals surface area contributed by atoms with E-state index in [1.54, 1.807) is 20.2 Å². The number of anilines is 2. The van der Waals surface area contributed by atoms with Gasteiger partial charge in [0.2, 0.25) is 0 Å². The number of hydrogen-bond donors (Lipinski definition) is 2. The summed E-state index contributed by atoms with van der Waals surface area (Å²) in [5.74, 6) is -0.137. The summed E-state index contributed by atoms with van der Waals surface area (Å²) < 4.78 is 14.9. The fourth-order valence-electron chi connectivity index (χ4n) is 1.78. The van der Waals surface area contributed by atoms with Gasteiger partial charge in [0.25, 0.3) is 5.69 Å². The standard InChI is InChI=1S/C12H14FN5O2/c1-7-3-10(11(18(19)20)4-9(7)13)15-5-8-6-16-17(2)12(8)14/h3-4,6,15H,5,14H2,1-2H3. The van der Waals surface area contributed by atoms with E-state index in [1.807, 2.05) is 0 Å². The second kappa shape index (κ2) is 5.16. The monoisotopic (exact) mass is 279 g/mol. The van der Waals surface area contributed by atoms with Gasteiger partial charge >= 0.3 is 0 Å². The molecule has 0 amide bonds. The van der Waals surface area contributed by atoms with Crippen LogP contribution in [0.2, 0.25) is 0 Å². The second-order valence-electron chi connectivity index (χ2n) is 4.41. The fourth-order valence-corrected chi connectivity index (χ4v) is 1.78. The number of nitro groups is 1. The lowest BCUT2D eigenvalue weighted by Gasteiger charge is -2.08. The Balaban J connectivity index is 2.27. The molecular weight excluding hydrogens is 265 g/mol. The lowest BCUT2D eigenvalue weighted by Crippen LogP contribution is -2.06. The molecule has 2 aromatic rings. The van der Waals surface area contributed by atoms with Crippen molar-refractivity contribution < 1.29 is 9.31 Å². The molecule has 20 heavy (non-hydrogen) atoms. The Labute approximate surface area is 114 Å². The summed E-state index contributed by atoms with van der Waals surface area (Å²) in [6.45, 7) is 1.81. The minimum absolute atomic E-state index is 0.247. The number of nitro benzene ring substituents is 1. The average Bonchev–Trinajstić information content (AvgIpc) is 2.71. The van der Waals surface area contributed by atoms with Crippen LogP contribution in [0.5, 0.6) is 0 Å². The molecule has 106 valence electrons. The molecule has 3 N–H and O–H groups in total. The molecular formula is C12H14FN5O2. The number of aromatic nitrogens is 2. The van der Waals surface area contributed by atoms with Crippen LogP contribution in [0, 0.1) is 22.9 Å². The first kappa shape index (κ1) is 13.8. The van der Waals surface area contributed by atoms with Gasteiger partial charge in [-0.1, -0.05) is 0 Å². The molecule has 0 unspecified atom stereocenters. The van der Waals surface area contributed by atoms with E-state index >= 15 is 0 Å². The molecule has 0 aliphatic rings. The molecule has 1 aromatic carbocycles. The predicted octanol–water partition coefficient (Wildman–Crippen LogP) is 1.97. The molecule has 0 saturated heterocycles. The zero-order chi connectivity index (χ0) is 14.9. The number of nitrogens with zero attached hydrogens (tertiary/aromatic N) is 3. The number of benzene rings is 1. The fraction of sp³-hybridized carbons (Fsp3) is 0.250. The van der Waals surface area contributed by atoms with Crippen molar-refractivity contribution in [3.8, 4) is 0 Å². The van der Waals surface area contributed by atoms with Crippen LogP contribution in [0.4, 0.5) is 21.6 Å². The first-order valence-corrected chi connectivity index (χ1v) is 5.85. The lowest BCUT2D eigenvalue weighted by molar-refractivity contribution is -0.384. The molecule has 0 atom stereocenters. The van der Waals surface area contributed by atoms with Gasteiger partial charge in [0, 0.05) is 19.2 Å². The Kier molecular flexibility index (Phi) is 3.55. The van der Waals surface area contributed by atoms with Crippen molar-refractivity contribution in [3.63, 3.8) is 0 Å². The van der Waals surface area contributed by atoms with Crippen molar-refractivity contribution in [2.45, 2.75) is 13.5 Å². The van der Waals surface area contributed by atoms with Crippen molar-refractivity contribution in [2.24, 2.45) is 7.05 Å². The second-order valence-corrected chi connectivity index (χ2v) is 4.41. The number of rotatable bonds is 4. The summed E-state index contributed by atoms with van der Waals surface area (Å²) >= 11 is 0. The van der Waals surface area contributed by atoms with E-state index in [9.17, 15) is 14.5 Å². The minimum atomic E-state index is -0.628. The van der Waals surface area contributed by atoms with E-state index < -0.39 is 10.7 Å². The Morgan fingerprint density at radius 2 is 2.25 bits per heavy atom. The van der Waals surface area contributed by atoms with Gasteiger partial charge in [0.15, 0.2) is 0 Å². The maximum atomic E-state index is 13.4. The molecule has 8 heteroatoms. The number of halogens is 1. The van der Waals surface area contributed by atoms with Crippen molar-refractivity contribution in [1.82, 2.24) is 9.78 Å². The highest BCUT2D eigenvalue weighted by atomic mass is 19.1. The molecule has 0 radical (unpaired) electrons. The summed E-state index contributed by atoms with van der Waals surface area (Å²) in [5, 5.41) is 17.8. The van der Waals surface area contributed by atoms with Gasteiger partial charge in [0.1, 0.15) is 17.3 Å². The summed E-state index contributed by atoms with van der Waals surface area (Å²) in [7, 11) is 1.70. The van der Waals surface area contributed by atoms with E-state index in [0.717, 1.165) is 6.07 Å². The molecule has 0 aliphatic heterocycles.